The van der Waals surface area contributed by atoms with Crippen LogP contribution in [0.25, 0.3) is 0 Å². The Balaban J connectivity index is 2.08. The Labute approximate surface area is 144 Å². The largest absolute Gasteiger partial charge is 0.395 e. The van der Waals surface area contributed by atoms with E-state index < -0.39 is 5.91 Å². The van der Waals surface area contributed by atoms with Gasteiger partial charge in [0.05, 0.1) is 18.9 Å². The zero-order valence-corrected chi connectivity index (χ0v) is 14.3. The number of carbonyl (C=O) groups is 1. The van der Waals surface area contributed by atoms with Crippen LogP contribution in [0.4, 0.5) is 5.13 Å². The summed E-state index contributed by atoms with van der Waals surface area (Å²) in [6, 6.07) is 1.85. The van der Waals surface area contributed by atoms with Crippen molar-refractivity contribution in [2.24, 2.45) is 0 Å². The summed E-state index contributed by atoms with van der Waals surface area (Å²) in [4.78, 5) is 21.4. The van der Waals surface area contributed by atoms with Crippen LogP contribution in [0.3, 0.4) is 0 Å². The normalized spacial score (nSPS) is 14.8. The highest BCUT2D eigenvalue weighted by Gasteiger charge is 2.20. The van der Waals surface area contributed by atoms with Crippen LogP contribution < -0.4 is 5.32 Å². The summed E-state index contributed by atoms with van der Waals surface area (Å²) in [5.74, 6) is -0.533. The molecule has 0 saturated heterocycles. The summed E-state index contributed by atoms with van der Waals surface area (Å²) in [6.45, 7) is 1.48. The van der Waals surface area contributed by atoms with E-state index in [4.69, 9.17) is 10.2 Å². The molecule has 1 aliphatic rings. The first-order valence-electron chi connectivity index (χ1n) is 7.64. The lowest BCUT2D eigenvalue weighted by molar-refractivity contribution is -0.127. The van der Waals surface area contributed by atoms with Gasteiger partial charge in [-0.1, -0.05) is 0 Å². The second-order valence-electron chi connectivity index (χ2n) is 5.43. The molecule has 2 rings (SSSR count). The van der Waals surface area contributed by atoms with E-state index >= 15 is 0 Å². The van der Waals surface area contributed by atoms with Crippen LogP contribution in [0.1, 0.15) is 10.6 Å². The van der Waals surface area contributed by atoms with Gasteiger partial charge >= 0.3 is 0 Å². The van der Waals surface area contributed by atoms with E-state index in [1.54, 1.807) is 0 Å². The van der Waals surface area contributed by atoms with Crippen molar-refractivity contribution in [2.45, 2.75) is 13.0 Å². The van der Waals surface area contributed by atoms with Crippen molar-refractivity contribution in [3.8, 4) is 6.07 Å². The monoisotopic (exact) mass is 351 g/mol. The van der Waals surface area contributed by atoms with Crippen molar-refractivity contribution < 1.29 is 15.0 Å². The number of amides is 1. The molecular formula is C15H21N5O3S. The van der Waals surface area contributed by atoms with Crippen LogP contribution in [-0.2, 0) is 17.8 Å². The number of rotatable bonds is 7. The molecule has 1 aromatic heterocycles. The molecule has 0 spiro atoms. The Morgan fingerprint density at radius 1 is 1.50 bits per heavy atom. The van der Waals surface area contributed by atoms with Gasteiger partial charge in [-0.2, -0.15) is 5.26 Å². The molecule has 0 unspecified atom stereocenters. The summed E-state index contributed by atoms with van der Waals surface area (Å²) < 4.78 is 0. The van der Waals surface area contributed by atoms with Crippen LogP contribution in [0.15, 0.2) is 11.8 Å². The van der Waals surface area contributed by atoms with E-state index in [-0.39, 0.29) is 31.9 Å². The highest BCUT2D eigenvalue weighted by molar-refractivity contribution is 7.15. The fraction of sp³-hybridized carbons (Fsp3) is 0.533. The van der Waals surface area contributed by atoms with E-state index in [0.717, 1.165) is 25.2 Å². The number of aliphatic hydroxyl groups is 2. The molecule has 0 atom stereocenters. The zero-order chi connectivity index (χ0) is 17.5. The lowest BCUT2D eigenvalue weighted by atomic mass is 10.2. The highest BCUT2D eigenvalue weighted by Crippen LogP contribution is 2.27. The summed E-state index contributed by atoms with van der Waals surface area (Å²) >= 11 is 1.51. The quantitative estimate of drug-likeness (QED) is 0.459. The fourth-order valence-corrected chi connectivity index (χ4v) is 3.44. The molecule has 130 valence electrons. The Hall–Kier alpha value is -1.99. The SMILES string of the molecule is CN1CCc2nc(N/C=C(/C#N)C(=O)N(CCO)CCO)sc2C1. The van der Waals surface area contributed by atoms with Crippen LogP contribution in [0.2, 0.25) is 0 Å². The molecule has 0 saturated carbocycles. The van der Waals surface area contributed by atoms with E-state index in [1.165, 1.54) is 27.3 Å². The number of aromatic nitrogens is 1. The number of aliphatic hydroxyl groups excluding tert-OH is 2. The van der Waals surface area contributed by atoms with E-state index in [0.29, 0.717) is 5.13 Å². The molecule has 2 heterocycles. The summed E-state index contributed by atoms with van der Waals surface area (Å²) in [7, 11) is 2.05. The van der Waals surface area contributed by atoms with Crippen LogP contribution >= 0.6 is 11.3 Å². The minimum atomic E-state index is -0.533. The van der Waals surface area contributed by atoms with Gasteiger partial charge in [-0.3, -0.25) is 4.79 Å². The lowest BCUT2D eigenvalue weighted by Crippen LogP contribution is -2.36. The van der Waals surface area contributed by atoms with Crippen LogP contribution in [0.5, 0.6) is 0 Å². The van der Waals surface area contributed by atoms with E-state index in [2.05, 4.69) is 22.2 Å². The van der Waals surface area contributed by atoms with Gasteiger partial charge in [0.2, 0.25) is 0 Å². The molecule has 24 heavy (non-hydrogen) atoms. The third-order valence-corrected chi connectivity index (χ3v) is 4.65. The Morgan fingerprint density at radius 2 is 2.21 bits per heavy atom. The molecule has 9 heteroatoms. The Bertz CT molecular complexity index is 646. The van der Waals surface area contributed by atoms with Gasteiger partial charge < -0.3 is 25.3 Å². The van der Waals surface area contributed by atoms with Crippen LogP contribution in [0, 0.1) is 11.3 Å². The topological polar surface area (TPSA) is 113 Å². The van der Waals surface area contributed by atoms with Gasteiger partial charge in [0.15, 0.2) is 5.13 Å². The van der Waals surface area contributed by atoms with Gasteiger partial charge in [-0.15, -0.1) is 11.3 Å². The molecule has 0 radical (unpaired) electrons. The molecule has 0 bridgehead atoms. The maximum Gasteiger partial charge on any atom is 0.266 e. The van der Waals surface area contributed by atoms with Gasteiger partial charge in [0.25, 0.3) is 5.91 Å². The van der Waals surface area contributed by atoms with Gasteiger partial charge in [0.1, 0.15) is 11.6 Å². The number of nitriles is 1. The first kappa shape index (κ1) is 18.4. The average Bonchev–Trinajstić information content (AvgIpc) is 2.96. The maximum atomic E-state index is 12.3. The zero-order valence-electron chi connectivity index (χ0n) is 13.5. The van der Waals surface area contributed by atoms with Gasteiger partial charge in [-0.05, 0) is 7.05 Å². The standard InChI is InChI=1S/C15H21N5O3S/c1-19-3-2-12-13(10-19)24-15(18-12)17-9-11(8-16)14(23)20(4-6-21)5-7-22/h9,21-22H,2-7,10H2,1H3,(H,17,18)/b11-9-. The smallest absolute Gasteiger partial charge is 0.266 e. The molecule has 0 fully saturated rings. The molecule has 8 nitrogen and oxygen atoms in total. The maximum absolute atomic E-state index is 12.3. The predicted octanol–water partition coefficient (Wildman–Crippen LogP) is -0.236. The first-order valence-corrected chi connectivity index (χ1v) is 8.45. The molecule has 0 aromatic carbocycles. The molecule has 3 N–H and O–H groups in total. The second-order valence-corrected chi connectivity index (χ2v) is 6.51. The van der Waals surface area contributed by atoms with Gasteiger partial charge in [-0.25, -0.2) is 4.98 Å². The number of thiazole rings is 1. The minimum absolute atomic E-state index is 0.0658. The number of hydrogen-bond acceptors (Lipinski definition) is 8. The van der Waals surface area contributed by atoms with Crippen LogP contribution in [-0.4, -0.2) is 70.8 Å². The third kappa shape index (κ3) is 4.52. The molecule has 1 aromatic rings. The Morgan fingerprint density at radius 3 is 2.83 bits per heavy atom. The van der Waals surface area contributed by atoms with E-state index in [1.807, 2.05) is 6.07 Å². The highest BCUT2D eigenvalue weighted by atomic mass is 32.1. The van der Waals surface area contributed by atoms with Gasteiger partial charge in [0, 0.05) is 43.7 Å². The van der Waals surface area contributed by atoms with Crippen molar-refractivity contribution in [1.29, 1.82) is 5.26 Å². The predicted molar refractivity (Wildman–Crippen MR) is 90.2 cm³/mol. The Kier molecular flexibility index (Phi) is 6.69. The summed E-state index contributed by atoms with van der Waals surface area (Å²) in [5, 5.41) is 30.7. The lowest BCUT2D eigenvalue weighted by Gasteiger charge is -2.20. The second kappa shape index (κ2) is 8.75. The average molecular weight is 351 g/mol. The van der Waals surface area contributed by atoms with Crippen molar-refractivity contribution in [3.05, 3.63) is 22.3 Å². The molecule has 0 aliphatic carbocycles. The van der Waals surface area contributed by atoms with Crippen molar-refractivity contribution >= 4 is 22.4 Å². The van der Waals surface area contributed by atoms with Crippen molar-refractivity contribution in [2.75, 3.05) is 45.2 Å². The minimum Gasteiger partial charge on any atom is -0.395 e. The van der Waals surface area contributed by atoms with Crippen molar-refractivity contribution in [3.63, 3.8) is 0 Å². The summed E-state index contributed by atoms with van der Waals surface area (Å²) in [5.41, 5.74) is 0.961. The number of fused-ring (bicyclic) bond motifs is 1. The number of anilines is 1. The number of hydrogen-bond donors (Lipinski definition) is 3. The molecule has 1 aliphatic heterocycles. The number of nitrogens with one attached hydrogen (secondary N) is 1. The number of carbonyl (C=O) groups excluding carboxylic acids is 1. The third-order valence-electron chi connectivity index (χ3n) is 3.64. The molecular weight excluding hydrogens is 330 g/mol. The van der Waals surface area contributed by atoms with E-state index in [9.17, 15) is 10.1 Å². The first-order chi connectivity index (χ1) is 11.6. The number of nitrogens with zero attached hydrogens (tertiary/aromatic N) is 4. The molecule has 1 amide bonds. The summed E-state index contributed by atoms with van der Waals surface area (Å²) in [6.07, 6.45) is 2.22. The number of likely N-dealkylation sites (N-methyl/N-ethyl adjacent to an activating group) is 1. The van der Waals surface area contributed by atoms with Crippen molar-refractivity contribution in [1.82, 2.24) is 14.8 Å². The fourth-order valence-electron chi connectivity index (χ4n) is 2.39.